The zero-order valence-corrected chi connectivity index (χ0v) is 16.7. The molecular weight excluding hydrogens is 442 g/mol. The third-order valence-corrected chi connectivity index (χ3v) is 5.28. The van der Waals surface area contributed by atoms with Gasteiger partial charge in [-0.05, 0) is 54.0 Å². The van der Waals surface area contributed by atoms with E-state index in [0.717, 1.165) is 15.7 Å². The van der Waals surface area contributed by atoms with Gasteiger partial charge in [-0.2, -0.15) is 13.9 Å². The lowest BCUT2D eigenvalue weighted by Gasteiger charge is -2.10. The monoisotopic (exact) mass is 456 g/mol. The van der Waals surface area contributed by atoms with Gasteiger partial charge in [-0.15, -0.1) is 11.3 Å². The molecule has 1 amide bonds. The van der Waals surface area contributed by atoms with E-state index in [1.165, 1.54) is 23.5 Å². The van der Waals surface area contributed by atoms with E-state index in [-0.39, 0.29) is 11.7 Å². The van der Waals surface area contributed by atoms with Crippen LogP contribution >= 0.6 is 27.3 Å². The third kappa shape index (κ3) is 4.69. The standard InChI is InChI=1S/C17H15BrF2N4O2S/c1-9-13(18)7-24(23-9)10(2)15(25)22-17-21-14(8-27-17)11-3-5-12(6-4-11)26-16(19)20/h3-8,10,16H,1-2H3,(H,21,22,25). The predicted molar refractivity (Wildman–Crippen MR) is 102 cm³/mol. The van der Waals surface area contributed by atoms with E-state index in [9.17, 15) is 13.6 Å². The lowest BCUT2D eigenvalue weighted by molar-refractivity contribution is -0.119. The normalized spacial score (nSPS) is 12.2. The van der Waals surface area contributed by atoms with Gasteiger partial charge in [0.15, 0.2) is 5.13 Å². The molecule has 1 N–H and O–H groups in total. The van der Waals surface area contributed by atoms with Crippen LogP contribution in [-0.4, -0.2) is 27.3 Å². The maximum absolute atomic E-state index is 12.4. The minimum atomic E-state index is -2.86. The van der Waals surface area contributed by atoms with E-state index < -0.39 is 12.7 Å². The molecule has 0 bridgehead atoms. The Hall–Kier alpha value is -2.33. The number of amides is 1. The Balaban J connectivity index is 1.67. The van der Waals surface area contributed by atoms with Crippen molar-refractivity contribution in [3.63, 3.8) is 0 Å². The largest absolute Gasteiger partial charge is 0.435 e. The molecule has 3 rings (SSSR count). The van der Waals surface area contributed by atoms with Gasteiger partial charge in [0.25, 0.3) is 5.91 Å². The Morgan fingerprint density at radius 1 is 1.33 bits per heavy atom. The van der Waals surface area contributed by atoms with Crippen LogP contribution in [0.4, 0.5) is 13.9 Å². The number of hydrogen-bond donors (Lipinski definition) is 1. The second kappa shape index (κ2) is 8.13. The summed E-state index contributed by atoms with van der Waals surface area (Å²) >= 11 is 4.65. The molecule has 3 aromatic rings. The number of aryl methyl sites for hydroxylation is 1. The van der Waals surface area contributed by atoms with Gasteiger partial charge in [0, 0.05) is 17.1 Å². The van der Waals surface area contributed by atoms with E-state index in [0.29, 0.717) is 10.8 Å². The van der Waals surface area contributed by atoms with Gasteiger partial charge >= 0.3 is 6.61 Å². The maximum atomic E-state index is 12.4. The van der Waals surface area contributed by atoms with Crippen molar-refractivity contribution in [2.24, 2.45) is 0 Å². The summed E-state index contributed by atoms with van der Waals surface area (Å²) in [7, 11) is 0. The number of carbonyl (C=O) groups excluding carboxylic acids is 1. The Morgan fingerprint density at radius 3 is 2.63 bits per heavy atom. The second-order valence-electron chi connectivity index (χ2n) is 5.65. The first kappa shape index (κ1) is 19.4. The number of nitrogens with zero attached hydrogens (tertiary/aromatic N) is 3. The van der Waals surface area contributed by atoms with Crippen molar-refractivity contribution in [2.75, 3.05) is 5.32 Å². The molecule has 0 aliphatic rings. The Labute approximate surface area is 166 Å². The van der Waals surface area contributed by atoms with Crippen molar-refractivity contribution in [1.82, 2.24) is 14.8 Å². The highest BCUT2D eigenvalue weighted by atomic mass is 79.9. The number of thiazole rings is 1. The fourth-order valence-corrected chi connectivity index (χ4v) is 3.27. The smallest absolute Gasteiger partial charge is 0.387 e. The number of aromatic nitrogens is 3. The number of alkyl halides is 2. The van der Waals surface area contributed by atoms with Gasteiger partial charge in [0.2, 0.25) is 0 Å². The SMILES string of the molecule is Cc1nn(C(C)C(=O)Nc2nc(-c3ccc(OC(F)F)cc3)cs2)cc1Br. The van der Waals surface area contributed by atoms with E-state index in [2.05, 4.69) is 36.1 Å². The molecular formula is C17H15BrF2N4O2S. The highest BCUT2D eigenvalue weighted by molar-refractivity contribution is 9.10. The molecule has 142 valence electrons. The van der Waals surface area contributed by atoms with Crippen LogP contribution in [0.2, 0.25) is 0 Å². The Bertz CT molecular complexity index is 923. The fourth-order valence-electron chi connectivity index (χ4n) is 2.26. The molecule has 1 unspecified atom stereocenters. The number of rotatable bonds is 6. The molecule has 0 aliphatic heterocycles. The highest BCUT2D eigenvalue weighted by Gasteiger charge is 2.18. The molecule has 6 nitrogen and oxygen atoms in total. The van der Waals surface area contributed by atoms with Crippen molar-refractivity contribution < 1.29 is 18.3 Å². The highest BCUT2D eigenvalue weighted by Crippen LogP contribution is 2.27. The fraction of sp³-hybridized carbons (Fsp3) is 0.235. The average Bonchev–Trinajstić information content (AvgIpc) is 3.21. The van der Waals surface area contributed by atoms with Crippen LogP contribution in [-0.2, 0) is 4.79 Å². The number of benzene rings is 1. The van der Waals surface area contributed by atoms with Crippen LogP contribution in [0.3, 0.4) is 0 Å². The van der Waals surface area contributed by atoms with Crippen LogP contribution in [0.1, 0.15) is 18.7 Å². The lowest BCUT2D eigenvalue weighted by atomic mass is 10.2. The summed E-state index contributed by atoms with van der Waals surface area (Å²) in [5, 5.41) is 9.26. The maximum Gasteiger partial charge on any atom is 0.387 e. The molecule has 0 radical (unpaired) electrons. The van der Waals surface area contributed by atoms with Crippen LogP contribution in [0.15, 0.2) is 40.3 Å². The van der Waals surface area contributed by atoms with Crippen molar-refractivity contribution in [1.29, 1.82) is 0 Å². The van der Waals surface area contributed by atoms with Crippen molar-refractivity contribution >= 4 is 38.3 Å². The van der Waals surface area contributed by atoms with Crippen molar-refractivity contribution in [3.8, 4) is 17.0 Å². The molecule has 27 heavy (non-hydrogen) atoms. The first-order valence-corrected chi connectivity index (χ1v) is 9.53. The summed E-state index contributed by atoms with van der Waals surface area (Å²) in [5.41, 5.74) is 2.16. The van der Waals surface area contributed by atoms with Gasteiger partial charge < -0.3 is 10.1 Å². The van der Waals surface area contributed by atoms with E-state index in [4.69, 9.17) is 0 Å². The zero-order chi connectivity index (χ0) is 19.6. The number of anilines is 1. The van der Waals surface area contributed by atoms with Crippen LogP contribution < -0.4 is 10.1 Å². The molecule has 1 atom stereocenters. The van der Waals surface area contributed by atoms with Crippen LogP contribution in [0.25, 0.3) is 11.3 Å². The third-order valence-electron chi connectivity index (χ3n) is 3.74. The summed E-state index contributed by atoms with van der Waals surface area (Å²) in [6, 6.07) is 5.64. The molecule has 0 fully saturated rings. The second-order valence-corrected chi connectivity index (χ2v) is 7.36. The molecule has 0 saturated heterocycles. The van der Waals surface area contributed by atoms with E-state index in [1.807, 2.05) is 6.92 Å². The van der Waals surface area contributed by atoms with Gasteiger partial charge in [-0.25, -0.2) is 4.98 Å². The first-order valence-electron chi connectivity index (χ1n) is 7.86. The topological polar surface area (TPSA) is 69.0 Å². The number of halogens is 3. The van der Waals surface area contributed by atoms with E-state index in [1.54, 1.807) is 35.3 Å². The summed E-state index contributed by atoms with van der Waals surface area (Å²) < 4.78 is 31.1. The van der Waals surface area contributed by atoms with Crippen molar-refractivity contribution in [3.05, 3.63) is 46.0 Å². The van der Waals surface area contributed by atoms with Gasteiger partial charge in [-0.1, -0.05) is 0 Å². The Kier molecular flexibility index (Phi) is 5.85. The van der Waals surface area contributed by atoms with Crippen molar-refractivity contribution in [2.45, 2.75) is 26.5 Å². The molecule has 1 aromatic carbocycles. The van der Waals surface area contributed by atoms with Gasteiger partial charge in [-0.3, -0.25) is 9.48 Å². The Morgan fingerprint density at radius 2 is 2.04 bits per heavy atom. The summed E-state index contributed by atoms with van der Waals surface area (Å²) in [5.74, 6) is -0.168. The molecule has 0 aliphatic carbocycles. The minimum absolute atomic E-state index is 0.0759. The molecule has 0 spiro atoms. The molecule has 2 heterocycles. The summed E-state index contributed by atoms with van der Waals surface area (Å²) in [6.07, 6.45) is 1.75. The van der Waals surface area contributed by atoms with Gasteiger partial charge in [0.05, 0.1) is 15.9 Å². The van der Waals surface area contributed by atoms with Gasteiger partial charge in [0.1, 0.15) is 11.8 Å². The lowest BCUT2D eigenvalue weighted by Crippen LogP contribution is -2.24. The average molecular weight is 457 g/mol. The molecule has 0 saturated carbocycles. The van der Waals surface area contributed by atoms with Crippen LogP contribution in [0.5, 0.6) is 5.75 Å². The number of ether oxygens (including phenoxy) is 1. The number of hydrogen-bond acceptors (Lipinski definition) is 5. The zero-order valence-electron chi connectivity index (χ0n) is 14.3. The summed E-state index contributed by atoms with van der Waals surface area (Å²) in [6.45, 7) is 0.721. The molecule has 10 heteroatoms. The number of carbonyl (C=O) groups is 1. The molecule has 2 aromatic heterocycles. The van der Waals surface area contributed by atoms with E-state index >= 15 is 0 Å². The first-order chi connectivity index (χ1) is 12.8. The summed E-state index contributed by atoms with van der Waals surface area (Å²) in [4.78, 5) is 16.8. The minimum Gasteiger partial charge on any atom is -0.435 e. The van der Waals surface area contributed by atoms with Crippen LogP contribution in [0, 0.1) is 6.92 Å². The predicted octanol–water partition coefficient (Wildman–Crippen LogP) is 4.88. The number of nitrogens with one attached hydrogen (secondary N) is 1. The quantitative estimate of drug-likeness (QED) is 0.573.